The molecule has 0 amide bonds. The van der Waals surface area contributed by atoms with Crippen LogP contribution in [-0.2, 0) is 15.5 Å². The van der Waals surface area contributed by atoms with Crippen LogP contribution < -0.4 is 0 Å². The van der Waals surface area contributed by atoms with E-state index < -0.39 is 11.4 Å². The van der Waals surface area contributed by atoms with Gasteiger partial charge in [0.15, 0.2) is 0 Å². The van der Waals surface area contributed by atoms with E-state index in [1.165, 1.54) is 0 Å². The van der Waals surface area contributed by atoms with Gasteiger partial charge in [0.1, 0.15) is 0 Å². The summed E-state index contributed by atoms with van der Waals surface area (Å²) in [7, 11) is 0. The summed E-state index contributed by atoms with van der Waals surface area (Å²) in [6.07, 6.45) is -0.175. The van der Waals surface area contributed by atoms with E-state index >= 15 is 0 Å². The van der Waals surface area contributed by atoms with Gasteiger partial charge in [-0.1, -0.05) is 0 Å². The second-order valence-corrected chi connectivity index (χ2v) is 1.99. The van der Waals surface area contributed by atoms with Gasteiger partial charge in [-0.2, -0.15) is 4.21 Å². The third-order valence-corrected chi connectivity index (χ3v) is 0.824. The van der Waals surface area contributed by atoms with Crippen molar-refractivity contribution in [2.24, 2.45) is 0 Å². The molecule has 0 radical (unpaired) electrons. The highest BCUT2D eigenvalue weighted by atomic mass is 32.2. The lowest BCUT2D eigenvalue weighted by atomic mass is 10.5. The standard InChI is InChI=1S/C3H8O3S.H2O/c1-3(2)6-7(4)5;/h3H,1-2H3,(H,4,5);1H2. The van der Waals surface area contributed by atoms with E-state index in [0.29, 0.717) is 0 Å². The van der Waals surface area contributed by atoms with Gasteiger partial charge in [0.2, 0.25) is 0 Å². The summed E-state index contributed by atoms with van der Waals surface area (Å²) in [5.74, 6) is 0. The van der Waals surface area contributed by atoms with Crippen LogP contribution in [0.15, 0.2) is 0 Å². The Kier molecular flexibility index (Phi) is 7.06. The SMILES string of the molecule is CC(C)OS(=O)O.O. The van der Waals surface area contributed by atoms with Gasteiger partial charge in [0.05, 0.1) is 6.10 Å². The van der Waals surface area contributed by atoms with Crippen LogP contribution in [-0.4, -0.2) is 20.3 Å². The molecule has 5 heteroatoms. The molecule has 52 valence electrons. The summed E-state index contributed by atoms with van der Waals surface area (Å²) in [5.41, 5.74) is 0. The molecule has 1 atom stereocenters. The van der Waals surface area contributed by atoms with Crippen molar-refractivity contribution < 1.29 is 18.4 Å². The smallest absolute Gasteiger partial charge is 0.302 e. The van der Waals surface area contributed by atoms with Crippen LogP contribution in [0.1, 0.15) is 13.8 Å². The molecule has 0 aliphatic rings. The van der Waals surface area contributed by atoms with Crippen molar-refractivity contribution in [1.29, 1.82) is 0 Å². The van der Waals surface area contributed by atoms with E-state index in [9.17, 15) is 4.21 Å². The predicted molar refractivity (Wildman–Crippen MR) is 30.6 cm³/mol. The Hall–Kier alpha value is 0.0300. The Balaban J connectivity index is 0. The number of hydrogen-bond donors (Lipinski definition) is 1. The number of hydrogen-bond acceptors (Lipinski definition) is 2. The van der Waals surface area contributed by atoms with Gasteiger partial charge < -0.3 is 5.48 Å². The molecule has 0 aliphatic heterocycles. The Bertz CT molecular complexity index is 71.7. The zero-order chi connectivity index (χ0) is 5.86. The van der Waals surface area contributed by atoms with Gasteiger partial charge in [0, 0.05) is 0 Å². The van der Waals surface area contributed by atoms with E-state index in [2.05, 4.69) is 4.18 Å². The molecule has 0 spiro atoms. The summed E-state index contributed by atoms with van der Waals surface area (Å²) in [4.78, 5) is 0. The highest BCUT2D eigenvalue weighted by molar-refractivity contribution is 7.74. The molecular formula is C3H10O4S. The minimum atomic E-state index is -2.10. The van der Waals surface area contributed by atoms with Gasteiger partial charge in [-0.15, -0.1) is 0 Å². The first-order valence-electron chi connectivity index (χ1n) is 1.91. The Morgan fingerprint density at radius 1 is 1.62 bits per heavy atom. The molecule has 0 saturated heterocycles. The molecule has 0 rings (SSSR count). The van der Waals surface area contributed by atoms with Gasteiger partial charge in [-0.25, -0.2) is 0 Å². The van der Waals surface area contributed by atoms with E-state index in [1.54, 1.807) is 13.8 Å². The maximum absolute atomic E-state index is 9.70. The fourth-order valence-corrected chi connectivity index (χ4v) is 0.494. The zero-order valence-electron chi connectivity index (χ0n) is 4.75. The number of rotatable bonds is 2. The first kappa shape index (κ1) is 10.9. The molecule has 0 aromatic rings. The second kappa shape index (κ2) is 5.17. The first-order chi connectivity index (χ1) is 3.13. The first-order valence-corrected chi connectivity index (χ1v) is 2.94. The molecule has 0 aromatic heterocycles. The van der Waals surface area contributed by atoms with Crippen LogP contribution in [0.5, 0.6) is 0 Å². The third kappa shape index (κ3) is 9.39. The van der Waals surface area contributed by atoms with Crippen LogP contribution in [0.2, 0.25) is 0 Å². The summed E-state index contributed by atoms with van der Waals surface area (Å²) in [5, 5.41) is 0. The van der Waals surface area contributed by atoms with Crippen molar-refractivity contribution in [3.05, 3.63) is 0 Å². The summed E-state index contributed by atoms with van der Waals surface area (Å²) >= 11 is -2.10. The molecule has 8 heavy (non-hydrogen) atoms. The van der Waals surface area contributed by atoms with Crippen molar-refractivity contribution in [2.75, 3.05) is 0 Å². The molecular weight excluding hydrogens is 132 g/mol. The van der Waals surface area contributed by atoms with Gasteiger partial charge in [-0.05, 0) is 13.8 Å². The molecule has 3 N–H and O–H groups in total. The van der Waals surface area contributed by atoms with Gasteiger partial charge in [0.25, 0.3) is 0 Å². The summed E-state index contributed by atoms with van der Waals surface area (Å²) in [6.45, 7) is 3.38. The fraction of sp³-hybridized carbons (Fsp3) is 1.00. The lowest BCUT2D eigenvalue weighted by Crippen LogP contribution is -2.03. The van der Waals surface area contributed by atoms with Crippen LogP contribution in [0.3, 0.4) is 0 Å². The fourth-order valence-electron chi connectivity index (χ4n) is 0.165. The molecule has 0 bridgehead atoms. The molecule has 1 unspecified atom stereocenters. The lowest BCUT2D eigenvalue weighted by Gasteiger charge is -1.97. The van der Waals surface area contributed by atoms with Gasteiger partial charge in [-0.3, -0.25) is 8.74 Å². The predicted octanol–water partition coefficient (Wildman–Crippen LogP) is -0.277. The molecule has 0 fully saturated rings. The monoisotopic (exact) mass is 142 g/mol. The van der Waals surface area contributed by atoms with E-state index in [0.717, 1.165) is 0 Å². The Labute approximate surface area is 50.6 Å². The third-order valence-electron chi connectivity index (χ3n) is 0.275. The van der Waals surface area contributed by atoms with Crippen LogP contribution in [0.4, 0.5) is 0 Å². The summed E-state index contributed by atoms with van der Waals surface area (Å²) < 4.78 is 21.9. The quantitative estimate of drug-likeness (QED) is 0.539. The maximum atomic E-state index is 9.70. The normalized spacial score (nSPS) is 13.0. The van der Waals surface area contributed by atoms with Gasteiger partial charge >= 0.3 is 11.4 Å². The molecule has 0 heterocycles. The van der Waals surface area contributed by atoms with Crippen LogP contribution in [0.25, 0.3) is 0 Å². The summed E-state index contributed by atoms with van der Waals surface area (Å²) in [6, 6.07) is 0. The Morgan fingerprint density at radius 2 is 2.00 bits per heavy atom. The van der Waals surface area contributed by atoms with Crippen molar-refractivity contribution in [2.45, 2.75) is 20.0 Å². The van der Waals surface area contributed by atoms with Crippen molar-refractivity contribution >= 4 is 11.4 Å². The van der Waals surface area contributed by atoms with E-state index in [4.69, 9.17) is 4.55 Å². The topological polar surface area (TPSA) is 78.0 Å². The van der Waals surface area contributed by atoms with E-state index in [-0.39, 0.29) is 11.6 Å². The average molecular weight is 142 g/mol. The molecule has 0 saturated carbocycles. The molecule has 0 aromatic carbocycles. The van der Waals surface area contributed by atoms with Crippen molar-refractivity contribution in [3.8, 4) is 0 Å². The van der Waals surface area contributed by atoms with Crippen molar-refractivity contribution in [3.63, 3.8) is 0 Å². The Morgan fingerprint density at radius 3 is 2.00 bits per heavy atom. The highest BCUT2D eigenvalue weighted by Crippen LogP contribution is 1.87. The average Bonchev–Trinajstić information content (AvgIpc) is 1.27. The van der Waals surface area contributed by atoms with Crippen molar-refractivity contribution in [1.82, 2.24) is 0 Å². The molecule has 4 nitrogen and oxygen atoms in total. The van der Waals surface area contributed by atoms with Crippen LogP contribution >= 0.6 is 0 Å². The largest absolute Gasteiger partial charge is 0.412 e. The molecule has 0 aliphatic carbocycles. The van der Waals surface area contributed by atoms with E-state index in [1.807, 2.05) is 0 Å². The van der Waals surface area contributed by atoms with Crippen LogP contribution in [0, 0.1) is 0 Å². The lowest BCUT2D eigenvalue weighted by molar-refractivity contribution is 0.241. The second-order valence-electron chi connectivity index (χ2n) is 1.36. The minimum Gasteiger partial charge on any atom is -0.412 e. The maximum Gasteiger partial charge on any atom is 0.302 e. The minimum absolute atomic E-state index is 0. The highest BCUT2D eigenvalue weighted by Gasteiger charge is 1.94. The zero-order valence-corrected chi connectivity index (χ0v) is 5.57.